The topological polar surface area (TPSA) is 68.5 Å². The second kappa shape index (κ2) is 4.84. The third-order valence-electron chi connectivity index (χ3n) is 2.07. The summed E-state index contributed by atoms with van der Waals surface area (Å²) >= 11 is 1.21. The molecule has 2 rings (SSSR count). The van der Waals surface area contributed by atoms with Crippen LogP contribution in [-0.2, 0) is 4.74 Å². The summed E-state index contributed by atoms with van der Waals surface area (Å²) in [4.78, 5) is 23.5. The van der Waals surface area contributed by atoms with Gasteiger partial charge in [0.25, 0.3) is 5.91 Å². The molecule has 0 saturated carbocycles. The van der Waals surface area contributed by atoms with Crippen molar-refractivity contribution in [2.45, 2.75) is 0 Å². The summed E-state index contributed by atoms with van der Waals surface area (Å²) in [7, 11) is 1.30. The number of carbonyl (C=O) groups is 2. The van der Waals surface area contributed by atoms with E-state index in [0.29, 0.717) is 16.1 Å². The molecule has 0 atom stereocenters. The fraction of sp³-hybridized carbons (Fsp3) is 0.0909. The van der Waals surface area contributed by atoms with Crippen molar-refractivity contribution in [2.75, 3.05) is 12.4 Å². The minimum atomic E-state index is -0.470. The Morgan fingerprint density at radius 2 is 2.24 bits per heavy atom. The van der Waals surface area contributed by atoms with E-state index in [1.54, 1.807) is 17.5 Å². The number of carbonyl (C=O) groups excluding carboxylic acids is 2. The molecule has 6 heteroatoms. The average molecular weight is 251 g/mol. The average Bonchev–Trinajstić information content (AvgIpc) is 2.98. The fourth-order valence-corrected chi connectivity index (χ4v) is 2.01. The SMILES string of the molecule is COC(=O)c1sccc1NC(=O)c1ccoc1. The number of thiophene rings is 1. The van der Waals surface area contributed by atoms with Gasteiger partial charge in [-0.05, 0) is 17.5 Å². The van der Waals surface area contributed by atoms with Gasteiger partial charge in [0, 0.05) is 0 Å². The first-order valence-electron chi connectivity index (χ1n) is 4.71. The van der Waals surface area contributed by atoms with Gasteiger partial charge in [-0.3, -0.25) is 4.79 Å². The normalized spacial score (nSPS) is 9.94. The summed E-state index contributed by atoms with van der Waals surface area (Å²) in [5.74, 6) is -0.801. The molecule has 1 N–H and O–H groups in total. The van der Waals surface area contributed by atoms with Crippen LogP contribution in [-0.4, -0.2) is 19.0 Å². The van der Waals surface area contributed by atoms with E-state index in [-0.39, 0.29) is 5.91 Å². The highest BCUT2D eigenvalue weighted by Gasteiger charge is 2.16. The van der Waals surface area contributed by atoms with Gasteiger partial charge >= 0.3 is 5.97 Å². The Bertz CT molecular complexity index is 529. The van der Waals surface area contributed by atoms with Gasteiger partial charge in [0.15, 0.2) is 0 Å². The lowest BCUT2D eigenvalue weighted by atomic mass is 10.3. The van der Waals surface area contributed by atoms with Crippen LogP contribution in [0.4, 0.5) is 5.69 Å². The van der Waals surface area contributed by atoms with Crippen molar-refractivity contribution in [1.82, 2.24) is 0 Å². The highest BCUT2D eigenvalue weighted by molar-refractivity contribution is 7.12. The molecule has 0 saturated heterocycles. The van der Waals surface area contributed by atoms with Crippen molar-refractivity contribution in [3.8, 4) is 0 Å². The van der Waals surface area contributed by atoms with Crippen LogP contribution in [0.1, 0.15) is 20.0 Å². The van der Waals surface area contributed by atoms with Gasteiger partial charge in [-0.1, -0.05) is 0 Å². The molecule has 88 valence electrons. The lowest BCUT2D eigenvalue weighted by Crippen LogP contribution is -2.13. The van der Waals surface area contributed by atoms with Gasteiger partial charge in [-0.25, -0.2) is 4.79 Å². The monoisotopic (exact) mass is 251 g/mol. The predicted octanol–water partition coefficient (Wildman–Crippen LogP) is 2.38. The summed E-state index contributed by atoms with van der Waals surface area (Å²) in [5, 5.41) is 4.32. The number of hydrogen-bond acceptors (Lipinski definition) is 5. The maximum atomic E-state index is 11.7. The van der Waals surface area contributed by atoms with Crippen LogP contribution < -0.4 is 5.32 Å². The summed E-state index contributed by atoms with van der Waals surface area (Å²) < 4.78 is 9.41. The van der Waals surface area contributed by atoms with Gasteiger partial charge in [-0.2, -0.15) is 0 Å². The molecule has 0 bridgehead atoms. The third-order valence-corrected chi connectivity index (χ3v) is 2.96. The van der Waals surface area contributed by atoms with Crippen molar-refractivity contribution >= 4 is 28.9 Å². The van der Waals surface area contributed by atoms with Crippen LogP contribution in [0, 0.1) is 0 Å². The molecule has 0 aliphatic carbocycles. The van der Waals surface area contributed by atoms with Gasteiger partial charge in [-0.15, -0.1) is 11.3 Å². The Labute approximate surface area is 101 Å². The summed E-state index contributed by atoms with van der Waals surface area (Å²) in [5.41, 5.74) is 0.833. The van der Waals surface area contributed by atoms with Crippen molar-refractivity contribution in [3.63, 3.8) is 0 Å². The van der Waals surface area contributed by atoms with E-state index in [0.717, 1.165) is 0 Å². The van der Waals surface area contributed by atoms with E-state index in [4.69, 9.17) is 4.42 Å². The Morgan fingerprint density at radius 3 is 2.88 bits per heavy atom. The van der Waals surface area contributed by atoms with E-state index < -0.39 is 5.97 Å². The van der Waals surface area contributed by atoms with E-state index >= 15 is 0 Å². The van der Waals surface area contributed by atoms with Crippen LogP contribution in [0.3, 0.4) is 0 Å². The number of nitrogens with one attached hydrogen (secondary N) is 1. The Balaban J connectivity index is 2.17. The van der Waals surface area contributed by atoms with Crippen molar-refractivity contribution in [2.24, 2.45) is 0 Å². The molecule has 0 aliphatic rings. The zero-order valence-corrected chi connectivity index (χ0v) is 9.74. The first-order valence-corrected chi connectivity index (χ1v) is 5.59. The summed E-state index contributed by atoms with van der Waals surface area (Å²) in [6.07, 6.45) is 2.74. The molecule has 0 aliphatic heterocycles. The molecule has 1 amide bonds. The molecule has 17 heavy (non-hydrogen) atoms. The maximum absolute atomic E-state index is 11.7. The van der Waals surface area contributed by atoms with Gasteiger partial charge < -0.3 is 14.5 Å². The van der Waals surface area contributed by atoms with Crippen LogP contribution in [0.15, 0.2) is 34.5 Å². The highest BCUT2D eigenvalue weighted by Crippen LogP contribution is 2.23. The molecule has 2 aromatic rings. The van der Waals surface area contributed by atoms with E-state index in [1.807, 2.05) is 0 Å². The third kappa shape index (κ3) is 2.36. The molecule has 0 spiro atoms. The van der Waals surface area contributed by atoms with Crippen LogP contribution in [0.2, 0.25) is 0 Å². The molecular weight excluding hydrogens is 242 g/mol. The predicted molar refractivity (Wildman–Crippen MR) is 62.3 cm³/mol. The lowest BCUT2D eigenvalue weighted by Gasteiger charge is -2.03. The number of methoxy groups -OCH3 is 1. The molecule has 5 nitrogen and oxygen atoms in total. The standard InChI is InChI=1S/C11H9NO4S/c1-15-11(14)9-8(3-5-17-9)12-10(13)7-2-4-16-6-7/h2-6H,1H3,(H,12,13). The molecule has 2 heterocycles. The second-order valence-corrected chi connectivity index (χ2v) is 4.04. The van der Waals surface area contributed by atoms with Gasteiger partial charge in [0.2, 0.25) is 0 Å². The largest absolute Gasteiger partial charge is 0.472 e. The highest BCUT2D eigenvalue weighted by atomic mass is 32.1. The molecule has 0 unspecified atom stereocenters. The summed E-state index contributed by atoms with van der Waals surface area (Å²) in [6.45, 7) is 0. The summed E-state index contributed by atoms with van der Waals surface area (Å²) in [6, 6.07) is 3.19. The number of furan rings is 1. The Kier molecular flexibility index (Phi) is 3.24. The van der Waals surface area contributed by atoms with Crippen LogP contribution in [0.25, 0.3) is 0 Å². The number of anilines is 1. The number of esters is 1. The number of ether oxygens (including phenoxy) is 1. The molecule has 0 fully saturated rings. The van der Waals surface area contributed by atoms with Crippen LogP contribution >= 0.6 is 11.3 Å². The molecule has 0 aromatic carbocycles. The first kappa shape index (κ1) is 11.4. The Hall–Kier alpha value is -2.08. The van der Waals surface area contributed by atoms with Crippen molar-refractivity contribution in [3.05, 3.63) is 40.5 Å². The van der Waals surface area contributed by atoms with E-state index in [1.165, 1.54) is 31.0 Å². The number of rotatable bonds is 3. The quantitative estimate of drug-likeness (QED) is 0.850. The number of hydrogen-bond donors (Lipinski definition) is 1. The smallest absolute Gasteiger partial charge is 0.350 e. The molecular formula is C11H9NO4S. The van der Waals surface area contributed by atoms with Gasteiger partial charge in [0.05, 0.1) is 24.6 Å². The van der Waals surface area contributed by atoms with Gasteiger partial charge in [0.1, 0.15) is 11.1 Å². The van der Waals surface area contributed by atoms with Crippen LogP contribution in [0.5, 0.6) is 0 Å². The molecule has 2 aromatic heterocycles. The second-order valence-electron chi connectivity index (χ2n) is 3.12. The van der Waals surface area contributed by atoms with Crippen molar-refractivity contribution < 1.29 is 18.7 Å². The number of amides is 1. The minimum Gasteiger partial charge on any atom is -0.472 e. The zero-order valence-electron chi connectivity index (χ0n) is 8.93. The molecule has 0 radical (unpaired) electrons. The first-order chi connectivity index (χ1) is 8.22. The fourth-order valence-electron chi connectivity index (χ4n) is 1.25. The van der Waals surface area contributed by atoms with E-state index in [9.17, 15) is 9.59 Å². The lowest BCUT2D eigenvalue weighted by molar-refractivity contribution is 0.0607. The van der Waals surface area contributed by atoms with E-state index in [2.05, 4.69) is 10.1 Å². The Morgan fingerprint density at radius 1 is 1.41 bits per heavy atom. The van der Waals surface area contributed by atoms with Crippen molar-refractivity contribution in [1.29, 1.82) is 0 Å². The zero-order chi connectivity index (χ0) is 12.3. The minimum absolute atomic E-state index is 0.331. The maximum Gasteiger partial charge on any atom is 0.350 e.